The lowest BCUT2D eigenvalue weighted by atomic mass is 9.88. The zero-order chi connectivity index (χ0) is 22.4. The van der Waals surface area contributed by atoms with Gasteiger partial charge in [-0.3, -0.25) is 14.4 Å². The molecular formula is C24H34FN3O3. The molecule has 7 heteroatoms. The Balaban J connectivity index is 1.53. The number of carbonyl (C=O) groups excluding carboxylic acids is 3. The maximum atomic E-state index is 13.9. The van der Waals surface area contributed by atoms with Crippen molar-refractivity contribution in [1.82, 2.24) is 15.5 Å². The molecule has 0 radical (unpaired) electrons. The maximum absolute atomic E-state index is 13.9. The molecule has 3 rings (SSSR count). The normalized spacial score (nSPS) is 19.2. The van der Waals surface area contributed by atoms with E-state index in [9.17, 15) is 18.8 Å². The molecule has 1 aliphatic carbocycles. The maximum Gasteiger partial charge on any atom is 0.254 e. The molecule has 1 saturated heterocycles. The van der Waals surface area contributed by atoms with Crippen molar-refractivity contribution < 1.29 is 18.8 Å². The van der Waals surface area contributed by atoms with Crippen LogP contribution in [0.25, 0.3) is 0 Å². The fraction of sp³-hybridized carbons (Fsp3) is 0.625. The molecule has 2 aliphatic rings. The van der Waals surface area contributed by atoms with Crippen molar-refractivity contribution >= 4 is 17.7 Å². The van der Waals surface area contributed by atoms with Crippen LogP contribution in [0.15, 0.2) is 24.3 Å². The molecule has 0 bridgehead atoms. The highest BCUT2D eigenvalue weighted by molar-refractivity contribution is 5.97. The van der Waals surface area contributed by atoms with E-state index in [-0.39, 0.29) is 35.3 Å². The summed E-state index contributed by atoms with van der Waals surface area (Å²) in [7, 11) is 0. The smallest absolute Gasteiger partial charge is 0.254 e. The summed E-state index contributed by atoms with van der Waals surface area (Å²) in [5, 5.41) is 5.89. The van der Waals surface area contributed by atoms with E-state index in [2.05, 4.69) is 10.6 Å². The number of rotatable bonds is 6. The molecule has 0 aromatic heterocycles. The molecule has 2 fully saturated rings. The van der Waals surface area contributed by atoms with E-state index >= 15 is 0 Å². The van der Waals surface area contributed by atoms with Crippen LogP contribution < -0.4 is 10.6 Å². The van der Waals surface area contributed by atoms with E-state index in [0.717, 1.165) is 25.7 Å². The van der Waals surface area contributed by atoms with Crippen LogP contribution in [0, 0.1) is 17.7 Å². The van der Waals surface area contributed by atoms with Crippen LogP contribution in [-0.2, 0) is 9.59 Å². The monoisotopic (exact) mass is 431 g/mol. The minimum Gasteiger partial charge on any atom is -0.353 e. The van der Waals surface area contributed by atoms with Crippen molar-refractivity contribution in [2.45, 2.75) is 70.9 Å². The molecule has 1 aromatic carbocycles. The Bertz CT molecular complexity index is 784. The van der Waals surface area contributed by atoms with Crippen molar-refractivity contribution in [1.29, 1.82) is 0 Å². The van der Waals surface area contributed by atoms with Gasteiger partial charge in [0.1, 0.15) is 11.9 Å². The highest BCUT2D eigenvalue weighted by atomic mass is 19.1. The van der Waals surface area contributed by atoms with Gasteiger partial charge in [-0.2, -0.15) is 0 Å². The summed E-state index contributed by atoms with van der Waals surface area (Å²) >= 11 is 0. The molecular weight excluding hydrogens is 397 g/mol. The van der Waals surface area contributed by atoms with Crippen LogP contribution in [0.4, 0.5) is 4.39 Å². The van der Waals surface area contributed by atoms with Crippen molar-refractivity contribution in [3.63, 3.8) is 0 Å². The van der Waals surface area contributed by atoms with Crippen LogP contribution in [-0.4, -0.2) is 47.8 Å². The topological polar surface area (TPSA) is 78.5 Å². The van der Waals surface area contributed by atoms with Gasteiger partial charge in [0.2, 0.25) is 11.8 Å². The average molecular weight is 432 g/mol. The van der Waals surface area contributed by atoms with E-state index in [0.29, 0.717) is 25.9 Å². The number of piperidine rings is 1. The van der Waals surface area contributed by atoms with Gasteiger partial charge < -0.3 is 15.5 Å². The van der Waals surface area contributed by atoms with Gasteiger partial charge in [-0.1, -0.05) is 45.2 Å². The van der Waals surface area contributed by atoms with E-state index in [1.807, 2.05) is 13.8 Å². The number of amides is 3. The Kier molecular flexibility index (Phi) is 8.04. The van der Waals surface area contributed by atoms with Crippen LogP contribution in [0.5, 0.6) is 0 Å². The zero-order valence-corrected chi connectivity index (χ0v) is 18.5. The van der Waals surface area contributed by atoms with Crippen molar-refractivity contribution in [2.24, 2.45) is 11.8 Å². The molecule has 2 N–H and O–H groups in total. The molecule has 170 valence electrons. The molecule has 1 saturated carbocycles. The highest BCUT2D eigenvalue weighted by Crippen LogP contribution is 2.24. The van der Waals surface area contributed by atoms with Gasteiger partial charge in [0.25, 0.3) is 5.91 Å². The summed E-state index contributed by atoms with van der Waals surface area (Å²) in [6.07, 6.45) is 6.82. The Morgan fingerprint density at radius 2 is 1.65 bits per heavy atom. The molecule has 1 aromatic rings. The number of carbonyl (C=O) groups is 3. The molecule has 3 amide bonds. The van der Waals surface area contributed by atoms with Gasteiger partial charge in [0.05, 0.1) is 5.56 Å². The number of hydrogen-bond donors (Lipinski definition) is 2. The van der Waals surface area contributed by atoms with E-state index in [4.69, 9.17) is 0 Å². The summed E-state index contributed by atoms with van der Waals surface area (Å²) in [4.78, 5) is 39.9. The molecule has 0 spiro atoms. The van der Waals surface area contributed by atoms with Gasteiger partial charge in [-0.15, -0.1) is 0 Å². The standard InChI is InChI=1S/C24H34FN3O3/c1-16(2)21(27-23(30)19-10-6-7-11-20(19)25)24(31)28-14-12-18(13-15-28)26-22(29)17-8-4-3-5-9-17/h6-7,10-11,16-18,21H,3-5,8-9,12-15H2,1-2H3,(H,26,29)(H,27,30). The summed E-state index contributed by atoms with van der Waals surface area (Å²) in [6, 6.07) is 5.12. The Morgan fingerprint density at radius 3 is 2.26 bits per heavy atom. The first-order chi connectivity index (χ1) is 14.9. The number of benzene rings is 1. The molecule has 1 heterocycles. The average Bonchev–Trinajstić information content (AvgIpc) is 2.78. The summed E-state index contributed by atoms with van der Waals surface area (Å²) < 4.78 is 13.9. The van der Waals surface area contributed by atoms with Crippen LogP contribution >= 0.6 is 0 Å². The molecule has 1 atom stereocenters. The third-order valence-electron chi connectivity index (χ3n) is 6.47. The molecule has 1 unspecified atom stereocenters. The third-order valence-corrected chi connectivity index (χ3v) is 6.47. The van der Waals surface area contributed by atoms with Crippen molar-refractivity contribution in [3.8, 4) is 0 Å². The Morgan fingerprint density at radius 1 is 1.00 bits per heavy atom. The summed E-state index contributed by atoms with van der Waals surface area (Å²) in [6.45, 7) is 4.79. The zero-order valence-electron chi connectivity index (χ0n) is 18.5. The second-order valence-corrected chi connectivity index (χ2v) is 9.12. The number of nitrogens with zero attached hydrogens (tertiary/aromatic N) is 1. The Hall–Kier alpha value is -2.44. The first-order valence-electron chi connectivity index (χ1n) is 11.5. The fourth-order valence-electron chi connectivity index (χ4n) is 4.50. The fourth-order valence-corrected chi connectivity index (χ4v) is 4.50. The van der Waals surface area contributed by atoms with Crippen molar-refractivity contribution in [3.05, 3.63) is 35.6 Å². The van der Waals surface area contributed by atoms with Crippen molar-refractivity contribution in [2.75, 3.05) is 13.1 Å². The molecule has 31 heavy (non-hydrogen) atoms. The summed E-state index contributed by atoms with van der Waals surface area (Å²) in [5.74, 6) is -1.19. The first kappa shape index (κ1) is 23.2. The van der Waals surface area contributed by atoms with Gasteiger partial charge in [0.15, 0.2) is 0 Å². The van der Waals surface area contributed by atoms with E-state index in [1.165, 1.54) is 24.6 Å². The minimum absolute atomic E-state index is 0.0647. The van der Waals surface area contributed by atoms with Gasteiger partial charge in [-0.05, 0) is 43.7 Å². The van der Waals surface area contributed by atoms with Crippen LogP contribution in [0.2, 0.25) is 0 Å². The molecule has 1 aliphatic heterocycles. The molecule has 6 nitrogen and oxygen atoms in total. The number of likely N-dealkylation sites (tertiary alicyclic amines) is 1. The van der Waals surface area contributed by atoms with Gasteiger partial charge in [0, 0.05) is 25.0 Å². The second-order valence-electron chi connectivity index (χ2n) is 9.12. The van der Waals surface area contributed by atoms with Crippen LogP contribution in [0.3, 0.4) is 0 Å². The minimum atomic E-state index is -0.722. The number of halogens is 1. The van der Waals surface area contributed by atoms with E-state index in [1.54, 1.807) is 11.0 Å². The SMILES string of the molecule is CC(C)C(NC(=O)c1ccccc1F)C(=O)N1CCC(NC(=O)C2CCCCC2)CC1. The van der Waals surface area contributed by atoms with Gasteiger partial charge in [-0.25, -0.2) is 4.39 Å². The highest BCUT2D eigenvalue weighted by Gasteiger charge is 2.33. The first-order valence-corrected chi connectivity index (χ1v) is 11.5. The lowest BCUT2D eigenvalue weighted by Crippen LogP contribution is -2.55. The van der Waals surface area contributed by atoms with E-state index < -0.39 is 17.8 Å². The largest absolute Gasteiger partial charge is 0.353 e. The predicted molar refractivity (Wildman–Crippen MR) is 117 cm³/mol. The van der Waals surface area contributed by atoms with Crippen LogP contribution in [0.1, 0.15) is 69.2 Å². The van der Waals surface area contributed by atoms with Gasteiger partial charge >= 0.3 is 0 Å². The predicted octanol–water partition coefficient (Wildman–Crippen LogP) is 3.27. The summed E-state index contributed by atoms with van der Waals surface area (Å²) in [5.41, 5.74) is -0.0647. The lowest BCUT2D eigenvalue weighted by Gasteiger charge is -2.36. The third kappa shape index (κ3) is 6.05. The lowest BCUT2D eigenvalue weighted by molar-refractivity contribution is -0.135. The quantitative estimate of drug-likeness (QED) is 0.726. The number of nitrogens with one attached hydrogen (secondary N) is 2. The number of hydrogen-bond acceptors (Lipinski definition) is 3. The second kappa shape index (κ2) is 10.7. The Labute approximate surface area is 183 Å².